The summed E-state index contributed by atoms with van der Waals surface area (Å²) in [5, 5.41) is 0. The van der Waals surface area contributed by atoms with Crippen molar-refractivity contribution in [1.29, 1.82) is 0 Å². The number of Topliss-reactive ketones (excluding diaryl/α,β-unsaturated/α-hetero) is 1. The first kappa shape index (κ1) is 15.0. The number of hydrogen-bond donors (Lipinski definition) is 0. The number of carbonyl (C=O) groups is 1. The van der Waals surface area contributed by atoms with Crippen molar-refractivity contribution in [3.05, 3.63) is 47.3 Å². The van der Waals surface area contributed by atoms with Crippen molar-refractivity contribution < 1.29 is 27.1 Å². The number of halogens is 4. The number of benzene rings is 1. The number of carbonyl (C=O) groups excluding carboxylic acids is 1. The van der Waals surface area contributed by atoms with Gasteiger partial charge in [-0.25, -0.2) is 8.78 Å². The average Bonchev–Trinajstić information content (AvgIpc) is 2.45. The number of methoxy groups -OCH3 is 1. The Bertz CT molecular complexity index is 705. The molecule has 0 aliphatic rings. The van der Waals surface area contributed by atoms with Crippen LogP contribution in [0.3, 0.4) is 0 Å². The fourth-order valence-corrected chi connectivity index (χ4v) is 1.85. The number of ether oxygens (including phenoxy) is 1. The van der Waals surface area contributed by atoms with Gasteiger partial charge in [0, 0.05) is 11.1 Å². The number of rotatable bonds is 3. The van der Waals surface area contributed by atoms with Crippen LogP contribution in [0.5, 0.6) is 5.75 Å². The lowest BCUT2D eigenvalue weighted by Gasteiger charge is -2.12. The molecule has 0 saturated carbocycles. The van der Waals surface area contributed by atoms with Crippen molar-refractivity contribution in [1.82, 2.24) is 4.98 Å². The van der Waals surface area contributed by atoms with E-state index in [1.165, 1.54) is 26.2 Å². The highest BCUT2D eigenvalue weighted by atomic mass is 19.2. The first-order valence-corrected chi connectivity index (χ1v) is 5.76. The molecule has 0 atom stereocenters. The van der Waals surface area contributed by atoms with Gasteiger partial charge in [-0.05, 0) is 25.1 Å². The van der Waals surface area contributed by atoms with Gasteiger partial charge >= 0.3 is 0 Å². The Kier molecular flexibility index (Phi) is 3.93. The van der Waals surface area contributed by atoms with Crippen LogP contribution in [-0.4, -0.2) is 17.9 Å². The number of aromatic nitrogens is 1. The van der Waals surface area contributed by atoms with Gasteiger partial charge in [-0.15, -0.1) is 0 Å². The SMILES string of the molecule is COc1ccc(C(C)=O)cc1-c1c(F)c(F)nc(F)c1F. The predicted octanol–water partition coefficient (Wildman–Crippen LogP) is 3.52. The Hall–Kier alpha value is -2.44. The summed E-state index contributed by atoms with van der Waals surface area (Å²) < 4.78 is 58.9. The highest BCUT2D eigenvalue weighted by Gasteiger charge is 2.24. The van der Waals surface area contributed by atoms with Gasteiger partial charge in [0.05, 0.1) is 12.7 Å². The first-order valence-electron chi connectivity index (χ1n) is 5.76. The van der Waals surface area contributed by atoms with Crippen molar-refractivity contribution in [3.8, 4) is 16.9 Å². The Morgan fingerprint density at radius 1 is 1.10 bits per heavy atom. The molecule has 1 aromatic heterocycles. The van der Waals surface area contributed by atoms with Crippen molar-refractivity contribution in [3.63, 3.8) is 0 Å². The minimum absolute atomic E-state index is 0.0391. The molecule has 21 heavy (non-hydrogen) atoms. The van der Waals surface area contributed by atoms with Gasteiger partial charge in [-0.2, -0.15) is 13.8 Å². The van der Waals surface area contributed by atoms with E-state index in [1.54, 1.807) is 0 Å². The maximum atomic E-state index is 13.8. The first-order chi connectivity index (χ1) is 9.86. The van der Waals surface area contributed by atoms with Crippen LogP contribution < -0.4 is 4.74 Å². The maximum absolute atomic E-state index is 13.8. The number of hydrogen-bond acceptors (Lipinski definition) is 3. The molecule has 0 fully saturated rings. The summed E-state index contributed by atoms with van der Waals surface area (Å²) >= 11 is 0. The van der Waals surface area contributed by atoms with Crippen molar-refractivity contribution >= 4 is 5.78 Å². The van der Waals surface area contributed by atoms with Crippen LogP contribution in [0.4, 0.5) is 17.6 Å². The molecule has 0 aliphatic carbocycles. The Labute approximate surface area is 117 Å². The zero-order valence-electron chi connectivity index (χ0n) is 11.0. The Morgan fingerprint density at radius 3 is 2.14 bits per heavy atom. The van der Waals surface area contributed by atoms with Crippen LogP contribution in [0.25, 0.3) is 11.1 Å². The van der Waals surface area contributed by atoms with E-state index in [9.17, 15) is 22.4 Å². The molecule has 2 rings (SSSR count). The van der Waals surface area contributed by atoms with Crippen LogP contribution in [0.1, 0.15) is 17.3 Å². The fraction of sp³-hybridized carbons (Fsp3) is 0.143. The predicted molar refractivity (Wildman–Crippen MR) is 66.1 cm³/mol. The van der Waals surface area contributed by atoms with Gasteiger partial charge in [0.2, 0.25) is 0 Å². The minimum Gasteiger partial charge on any atom is -0.496 e. The van der Waals surface area contributed by atoms with E-state index in [0.717, 1.165) is 6.07 Å². The summed E-state index contributed by atoms with van der Waals surface area (Å²) in [6.07, 6.45) is 0. The molecule has 0 saturated heterocycles. The maximum Gasteiger partial charge on any atom is 0.252 e. The summed E-state index contributed by atoms with van der Waals surface area (Å²) in [4.78, 5) is 13.8. The minimum atomic E-state index is -1.78. The quantitative estimate of drug-likeness (QED) is 0.494. The monoisotopic (exact) mass is 299 g/mol. The standard InChI is InChI=1S/C14H9F4NO2/c1-6(20)7-3-4-9(21-2)8(5-7)10-11(15)13(17)19-14(18)12(10)16/h3-5H,1-2H3. The van der Waals surface area contributed by atoms with E-state index in [1.807, 2.05) is 0 Å². The summed E-state index contributed by atoms with van der Waals surface area (Å²) in [6.45, 7) is 1.24. The second-order valence-electron chi connectivity index (χ2n) is 4.17. The molecule has 0 bridgehead atoms. The summed E-state index contributed by atoms with van der Waals surface area (Å²) in [7, 11) is 1.22. The zero-order valence-corrected chi connectivity index (χ0v) is 11.0. The largest absolute Gasteiger partial charge is 0.496 e. The van der Waals surface area contributed by atoms with Gasteiger partial charge in [0.25, 0.3) is 11.9 Å². The summed E-state index contributed by atoms with van der Waals surface area (Å²) in [5.41, 5.74) is -1.14. The average molecular weight is 299 g/mol. The Morgan fingerprint density at radius 2 is 1.67 bits per heavy atom. The third kappa shape index (κ3) is 2.58. The van der Waals surface area contributed by atoms with Gasteiger partial charge in [-0.1, -0.05) is 0 Å². The van der Waals surface area contributed by atoms with Crippen molar-refractivity contribution in [2.24, 2.45) is 0 Å². The van der Waals surface area contributed by atoms with Crippen LogP contribution in [-0.2, 0) is 0 Å². The highest BCUT2D eigenvalue weighted by molar-refractivity contribution is 5.96. The van der Waals surface area contributed by atoms with E-state index in [4.69, 9.17) is 4.74 Å². The van der Waals surface area contributed by atoms with E-state index >= 15 is 0 Å². The normalized spacial score (nSPS) is 10.6. The summed E-state index contributed by atoms with van der Waals surface area (Å²) in [5.74, 6) is -7.29. The third-order valence-corrected chi connectivity index (χ3v) is 2.87. The topological polar surface area (TPSA) is 39.2 Å². The van der Waals surface area contributed by atoms with Crippen molar-refractivity contribution in [2.75, 3.05) is 7.11 Å². The second-order valence-corrected chi connectivity index (χ2v) is 4.17. The van der Waals surface area contributed by atoms with Crippen LogP contribution >= 0.6 is 0 Å². The molecule has 1 heterocycles. The van der Waals surface area contributed by atoms with E-state index < -0.39 is 29.1 Å². The molecule has 3 nitrogen and oxygen atoms in total. The van der Waals surface area contributed by atoms with E-state index in [0.29, 0.717) is 0 Å². The molecule has 7 heteroatoms. The lowest BCUT2D eigenvalue weighted by molar-refractivity contribution is 0.101. The van der Waals surface area contributed by atoms with Crippen LogP contribution in [0.2, 0.25) is 0 Å². The van der Waals surface area contributed by atoms with Crippen LogP contribution in [0, 0.1) is 23.5 Å². The molecular weight excluding hydrogens is 290 g/mol. The zero-order chi connectivity index (χ0) is 15.7. The smallest absolute Gasteiger partial charge is 0.252 e. The second kappa shape index (κ2) is 5.51. The molecule has 1 aromatic carbocycles. The third-order valence-electron chi connectivity index (χ3n) is 2.87. The Balaban J connectivity index is 2.83. The van der Waals surface area contributed by atoms with Gasteiger partial charge < -0.3 is 4.74 Å². The fourth-order valence-electron chi connectivity index (χ4n) is 1.85. The molecular formula is C14H9F4NO2. The van der Waals surface area contributed by atoms with Gasteiger partial charge in [0.15, 0.2) is 17.4 Å². The number of nitrogens with zero attached hydrogens (tertiary/aromatic N) is 1. The molecule has 0 spiro atoms. The lowest BCUT2D eigenvalue weighted by atomic mass is 10.00. The molecule has 0 aliphatic heterocycles. The molecule has 2 aromatic rings. The van der Waals surface area contributed by atoms with Gasteiger partial charge in [-0.3, -0.25) is 4.79 Å². The molecule has 0 unspecified atom stereocenters. The van der Waals surface area contributed by atoms with E-state index in [-0.39, 0.29) is 22.7 Å². The van der Waals surface area contributed by atoms with Gasteiger partial charge in [0.1, 0.15) is 5.75 Å². The number of pyridine rings is 1. The van der Waals surface area contributed by atoms with Crippen LogP contribution in [0.15, 0.2) is 18.2 Å². The molecule has 0 N–H and O–H groups in total. The van der Waals surface area contributed by atoms with Crippen molar-refractivity contribution in [2.45, 2.75) is 6.92 Å². The lowest BCUT2D eigenvalue weighted by Crippen LogP contribution is -2.05. The van der Waals surface area contributed by atoms with E-state index in [2.05, 4.69) is 4.98 Å². The summed E-state index contributed by atoms with van der Waals surface area (Å²) in [6, 6.07) is 3.75. The highest BCUT2D eigenvalue weighted by Crippen LogP contribution is 2.35. The molecule has 110 valence electrons. The molecule has 0 radical (unpaired) electrons. The number of ketones is 1. The molecule has 0 amide bonds.